The molecule has 1 aliphatic rings. The molecule has 0 radical (unpaired) electrons. The summed E-state index contributed by atoms with van der Waals surface area (Å²) in [6.45, 7) is 6.47. The minimum atomic E-state index is 0.115. The molecule has 1 aromatic heterocycles. The van der Waals surface area contributed by atoms with E-state index in [9.17, 15) is 4.79 Å². The first-order valence-electron chi connectivity index (χ1n) is 8.85. The van der Waals surface area contributed by atoms with Crippen molar-refractivity contribution in [2.45, 2.75) is 13.8 Å². The van der Waals surface area contributed by atoms with Gasteiger partial charge in [0.1, 0.15) is 5.82 Å². The number of carbonyl (C=O) groups excluding carboxylic acids is 1. The van der Waals surface area contributed by atoms with E-state index in [1.54, 1.807) is 21.1 Å². The molecule has 8 heteroatoms. The molecule has 0 atom stereocenters. The Morgan fingerprint density at radius 3 is 2.37 bits per heavy atom. The van der Waals surface area contributed by atoms with Gasteiger partial charge in [-0.1, -0.05) is 0 Å². The molecule has 0 spiro atoms. The molecule has 3 rings (SSSR count). The zero-order valence-corrected chi connectivity index (χ0v) is 16.2. The van der Waals surface area contributed by atoms with Crippen molar-refractivity contribution in [2.24, 2.45) is 0 Å². The van der Waals surface area contributed by atoms with Crippen molar-refractivity contribution in [2.75, 3.05) is 50.6 Å². The first-order chi connectivity index (χ1) is 13.0. The van der Waals surface area contributed by atoms with E-state index in [0.29, 0.717) is 30.5 Å². The molecule has 0 aliphatic carbocycles. The third-order valence-electron chi connectivity index (χ3n) is 4.53. The number of amides is 1. The highest BCUT2D eigenvalue weighted by Crippen LogP contribution is 2.31. The quantitative estimate of drug-likeness (QED) is 0.863. The molecule has 2 aromatic rings. The second-order valence-corrected chi connectivity index (χ2v) is 6.38. The van der Waals surface area contributed by atoms with Gasteiger partial charge < -0.3 is 24.6 Å². The number of carbonyl (C=O) groups is 1. The lowest BCUT2D eigenvalue weighted by Crippen LogP contribution is -2.48. The maximum absolute atomic E-state index is 11.5. The average Bonchev–Trinajstić information content (AvgIpc) is 2.67. The van der Waals surface area contributed by atoms with Crippen LogP contribution in [0.5, 0.6) is 11.5 Å². The minimum absolute atomic E-state index is 0.115. The molecule has 1 amide bonds. The fourth-order valence-corrected chi connectivity index (χ4v) is 3.06. The molecule has 1 fully saturated rings. The van der Waals surface area contributed by atoms with Crippen molar-refractivity contribution >= 4 is 23.4 Å². The number of piperazine rings is 1. The predicted octanol–water partition coefficient (Wildman–Crippen LogP) is 2.21. The summed E-state index contributed by atoms with van der Waals surface area (Å²) in [5, 5.41) is 3.23. The Kier molecular flexibility index (Phi) is 5.63. The molecule has 2 heterocycles. The van der Waals surface area contributed by atoms with Crippen molar-refractivity contribution in [3.8, 4) is 11.5 Å². The van der Waals surface area contributed by atoms with Crippen LogP contribution in [0, 0.1) is 6.92 Å². The highest BCUT2D eigenvalue weighted by Gasteiger charge is 2.20. The Hall–Kier alpha value is -3.03. The van der Waals surface area contributed by atoms with Crippen molar-refractivity contribution in [3.63, 3.8) is 0 Å². The molecule has 0 unspecified atom stereocenters. The summed E-state index contributed by atoms with van der Waals surface area (Å²) >= 11 is 0. The number of rotatable bonds is 5. The first kappa shape index (κ1) is 18.8. The third kappa shape index (κ3) is 4.39. The van der Waals surface area contributed by atoms with Gasteiger partial charge in [-0.3, -0.25) is 4.79 Å². The van der Waals surface area contributed by atoms with Crippen LogP contribution < -0.4 is 19.7 Å². The number of ether oxygens (including phenoxy) is 2. The first-order valence-corrected chi connectivity index (χ1v) is 8.85. The SMILES string of the molecule is COc1ccc(Nc2nc(C)cc(N3CCN(C(C)=O)CC3)n2)cc1OC. The fraction of sp³-hybridized carbons (Fsp3) is 0.421. The monoisotopic (exact) mass is 371 g/mol. The number of aromatic nitrogens is 2. The molecular formula is C19H25N5O3. The smallest absolute Gasteiger partial charge is 0.229 e. The number of nitrogens with one attached hydrogen (secondary N) is 1. The van der Waals surface area contributed by atoms with E-state index in [2.05, 4.69) is 20.2 Å². The highest BCUT2D eigenvalue weighted by atomic mass is 16.5. The predicted molar refractivity (Wildman–Crippen MR) is 104 cm³/mol. The molecule has 8 nitrogen and oxygen atoms in total. The van der Waals surface area contributed by atoms with E-state index in [1.807, 2.05) is 36.1 Å². The van der Waals surface area contributed by atoms with Crippen molar-refractivity contribution in [3.05, 3.63) is 30.0 Å². The van der Waals surface area contributed by atoms with Gasteiger partial charge >= 0.3 is 0 Å². The Morgan fingerprint density at radius 2 is 1.74 bits per heavy atom. The molecule has 27 heavy (non-hydrogen) atoms. The zero-order chi connectivity index (χ0) is 19.4. The van der Waals surface area contributed by atoms with Gasteiger partial charge in [0.15, 0.2) is 11.5 Å². The molecule has 0 bridgehead atoms. The van der Waals surface area contributed by atoms with Gasteiger partial charge in [0.05, 0.1) is 14.2 Å². The summed E-state index contributed by atoms with van der Waals surface area (Å²) < 4.78 is 10.6. The van der Waals surface area contributed by atoms with E-state index in [1.165, 1.54) is 0 Å². The van der Waals surface area contributed by atoms with Gasteiger partial charge in [0.25, 0.3) is 0 Å². The lowest BCUT2D eigenvalue weighted by atomic mass is 10.2. The molecule has 1 aliphatic heterocycles. The van der Waals surface area contributed by atoms with Gasteiger partial charge in [-0.25, -0.2) is 4.98 Å². The number of methoxy groups -OCH3 is 2. The summed E-state index contributed by atoms with van der Waals surface area (Å²) in [5.41, 5.74) is 1.68. The molecule has 0 saturated carbocycles. The summed E-state index contributed by atoms with van der Waals surface area (Å²) in [7, 11) is 3.20. The third-order valence-corrected chi connectivity index (χ3v) is 4.53. The highest BCUT2D eigenvalue weighted by molar-refractivity contribution is 5.73. The number of hydrogen-bond donors (Lipinski definition) is 1. The van der Waals surface area contributed by atoms with Crippen LogP contribution in [0.15, 0.2) is 24.3 Å². The average molecular weight is 371 g/mol. The van der Waals surface area contributed by atoms with Gasteiger partial charge in [-0.15, -0.1) is 0 Å². The number of hydrogen-bond acceptors (Lipinski definition) is 7. The van der Waals surface area contributed by atoms with Crippen LogP contribution in [-0.2, 0) is 4.79 Å². The van der Waals surface area contributed by atoms with Gasteiger partial charge in [0.2, 0.25) is 11.9 Å². The van der Waals surface area contributed by atoms with E-state index in [4.69, 9.17) is 9.47 Å². The van der Waals surface area contributed by atoms with E-state index in [-0.39, 0.29) is 5.91 Å². The topological polar surface area (TPSA) is 79.8 Å². The molecule has 1 saturated heterocycles. The maximum Gasteiger partial charge on any atom is 0.229 e. The summed E-state index contributed by atoms with van der Waals surface area (Å²) in [6.07, 6.45) is 0. The second-order valence-electron chi connectivity index (χ2n) is 6.38. The number of nitrogens with zero attached hydrogens (tertiary/aromatic N) is 4. The van der Waals surface area contributed by atoms with Crippen LogP contribution in [0.2, 0.25) is 0 Å². The number of benzene rings is 1. The summed E-state index contributed by atoms with van der Waals surface area (Å²) in [4.78, 5) is 24.7. The molecule has 1 N–H and O–H groups in total. The summed E-state index contributed by atoms with van der Waals surface area (Å²) in [5.74, 6) is 2.79. The van der Waals surface area contributed by atoms with Crippen LogP contribution in [-0.4, -0.2) is 61.2 Å². The largest absolute Gasteiger partial charge is 0.493 e. The minimum Gasteiger partial charge on any atom is -0.493 e. The van der Waals surface area contributed by atoms with Crippen LogP contribution >= 0.6 is 0 Å². The number of aryl methyl sites for hydroxylation is 1. The van der Waals surface area contributed by atoms with Crippen LogP contribution in [0.1, 0.15) is 12.6 Å². The molecule has 144 valence electrons. The Morgan fingerprint density at radius 1 is 1.04 bits per heavy atom. The van der Waals surface area contributed by atoms with E-state index in [0.717, 1.165) is 30.3 Å². The molecular weight excluding hydrogens is 346 g/mol. The second kappa shape index (κ2) is 8.11. The van der Waals surface area contributed by atoms with Crippen LogP contribution in [0.4, 0.5) is 17.5 Å². The van der Waals surface area contributed by atoms with Gasteiger partial charge in [-0.2, -0.15) is 4.98 Å². The lowest BCUT2D eigenvalue weighted by molar-refractivity contribution is -0.129. The molecule has 1 aromatic carbocycles. The Bertz CT molecular complexity index is 819. The standard InChI is InChI=1S/C19H25N5O3/c1-13-11-18(24-9-7-23(8-10-24)14(2)25)22-19(20-13)21-15-5-6-16(26-3)17(12-15)27-4/h5-6,11-12H,7-10H2,1-4H3,(H,20,21,22). The van der Waals surface area contributed by atoms with Crippen molar-refractivity contribution < 1.29 is 14.3 Å². The summed E-state index contributed by atoms with van der Waals surface area (Å²) in [6, 6.07) is 7.52. The maximum atomic E-state index is 11.5. The normalized spacial score (nSPS) is 14.1. The van der Waals surface area contributed by atoms with Gasteiger partial charge in [0, 0.05) is 56.6 Å². The lowest BCUT2D eigenvalue weighted by Gasteiger charge is -2.35. The van der Waals surface area contributed by atoms with Crippen LogP contribution in [0.3, 0.4) is 0 Å². The Balaban J connectivity index is 1.77. The van der Waals surface area contributed by atoms with Crippen LogP contribution in [0.25, 0.3) is 0 Å². The fourth-order valence-electron chi connectivity index (χ4n) is 3.06. The Labute approximate surface area is 159 Å². The van der Waals surface area contributed by atoms with E-state index < -0.39 is 0 Å². The van der Waals surface area contributed by atoms with E-state index >= 15 is 0 Å². The number of anilines is 3. The van der Waals surface area contributed by atoms with Crippen molar-refractivity contribution in [1.29, 1.82) is 0 Å². The zero-order valence-electron chi connectivity index (χ0n) is 16.2. The van der Waals surface area contributed by atoms with Crippen molar-refractivity contribution in [1.82, 2.24) is 14.9 Å². The van der Waals surface area contributed by atoms with Gasteiger partial charge in [-0.05, 0) is 19.1 Å².